The van der Waals surface area contributed by atoms with Crippen molar-refractivity contribution in [3.05, 3.63) is 64.7 Å². The maximum atomic E-state index is 12.5. The molecule has 1 aliphatic rings. The molecule has 0 atom stereocenters. The Morgan fingerprint density at radius 2 is 1.42 bits per heavy atom. The maximum Gasteiger partial charge on any atom is 0.196 e. The molecular weight excluding hydrogens is 240 g/mol. The molecule has 0 aliphatic heterocycles. The molecule has 0 radical (unpaired) electrons. The number of rotatable bonds is 1. The molecule has 2 aromatic carbocycles. The molecule has 4 nitrogen and oxygen atoms in total. The molecule has 2 aromatic rings. The van der Waals surface area contributed by atoms with Crippen LogP contribution in [0.1, 0.15) is 31.8 Å². The Balaban J connectivity index is 2.33. The zero-order valence-electron chi connectivity index (χ0n) is 10.3. The summed E-state index contributed by atoms with van der Waals surface area (Å²) in [5, 5.41) is 7.62. The topological polar surface area (TPSA) is 58.9 Å². The third-order valence-electron chi connectivity index (χ3n) is 3.14. The van der Waals surface area contributed by atoms with Gasteiger partial charge in [0.2, 0.25) is 0 Å². The molecule has 4 heteroatoms. The predicted octanol–water partition coefficient (Wildman–Crippen LogP) is 3.18. The van der Waals surface area contributed by atoms with E-state index in [1.807, 2.05) is 0 Å². The standard InChI is InChI=1S/C15H10N2O2/c1-16-17-12-8-4-7-11-13(12)15(19)10-6-3-2-5-9(10)14(11)18/h2-8H,1H3. The highest BCUT2D eigenvalue weighted by Crippen LogP contribution is 2.33. The van der Waals surface area contributed by atoms with Crippen molar-refractivity contribution < 1.29 is 9.59 Å². The summed E-state index contributed by atoms with van der Waals surface area (Å²) in [6, 6.07) is 11.9. The maximum absolute atomic E-state index is 12.5. The Kier molecular flexibility index (Phi) is 2.56. The first-order chi connectivity index (χ1) is 9.24. The Morgan fingerprint density at radius 3 is 2.11 bits per heavy atom. The third-order valence-corrected chi connectivity index (χ3v) is 3.14. The molecule has 0 bridgehead atoms. The molecular formula is C15H10N2O2. The zero-order chi connectivity index (χ0) is 13.4. The van der Waals surface area contributed by atoms with Gasteiger partial charge in [0.1, 0.15) is 0 Å². The first kappa shape index (κ1) is 11.5. The second kappa shape index (κ2) is 4.24. The number of carbonyl (C=O) groups is 2. The Morgan fingerprint density at radius 1 is 0.789 bits per heavy atom. The van der Waals surface area contributed by atoms with E-state index in [-0.39, 0.29) is 11.6 Å². The van der Waals surface area contributed by atoms with Gasteiger partial charge in [-0.15, -0.1) is 0 Å². The summed E-state index contributed by atoms with van der Waals surface area (Å²) >= 11 is 0. The van der Waals surface area contributed by atoms with Gasteiger partial charge in [-0.2, -0.15) is 10.2 Å². The van der Waals surface area contributed by atoms with E-state index in [0.29, 0.717) is 27.9 Å². The highest BCUT2D eigenvalue weighted by molar-refractivity contribution is 6.29. The van der Waals surface area contributed by atoms with Gasteiger partial charge in [0.25, 0.3) is 0 Å². The molecule has 19 heavy (non-hydrogen) atoms. The van der Waals surface area contributed by atoms with Gasteiger partial charge in [-0.3, -0.25) is 9.59 Å². The first-order valence-electron chi connectivity index (χ1n) is 5.85. The van der Waals surface area contributed by atoms with Crippen molar-refractivity contribution in [3.8, 4) is 0 Å². The van der Waals surface area contributed by atoms with Gasteiger partial charge in [-0.25, -0.2) is 0 Å². The van der Waals surface area contributed by atoms with E-state index in [0.717, 1.165) is 0 Å². The Bertz CT molecular complexity index is 733. The molecule has 0 spiro atoms. The molecule has 0 saturated heterocycles. The van der Waals surface area contributed by atoms with Crippen LogP contribution in [-0.2, 0) is 0 Å². The highest BCUT2D eigenvalue weighted by atomic mass is 16.1. The van der Waals surface area contributed by atoms with Crippen molar-refractivity contribution in [1.29, 1.82) is 0 Å². The number of fused-ring (bicyclic) bond motifs is 2. The molecule has 0 amide bonds. The van der Waals surface area contributed by atoms with Crippen molar-refractivity contribution in [1.82, 2.24) is 0 Å². The lowest BCUT2D eigenvalue weighted by Gasteiger charge is -2.17. The van der Waals surface area contributed by atoms with Crippen LogP contribution in [0, 0.1) is 0 Å². The Labute approximate surface area is 109 Å². The van der Waals surface area contributed by atoms with Crippen LogP contribution in [0.15, 0.2) is 52.7 Å². The van der Waals surface area contributed by atoms with Crippen LogP contribution in [0.5, 0.6) is 0 Å². The fourth-order valence-electron chi connectivity index (χ4n) is 2.32. The van der Waals surface area contributed by atoms with E-state index in [9.17, 15) is 9.59 Å². The molecule has 92 valence electrons. The molecule has 0 heterocycles. The van der Waals surface area contributed by atoms with Gasteiger partial charge in [-0.05, 0) is 6.07 Å². The molecule has 0 fully saturated rings. The predicted molar refractivity (Wildman–Crippen MR) is 70.2 cm³/mol. The summed E-state index contributed by atoms with van der Waals surface area (Å²) in [5.41, 5.74) is 2.06. The minimum absolute atomic E-state index is 0.140. The van der Waals surface area contributed by atoms with Crippen LogP contribution in [-0.4, -0.2) is 18.6 Å². The lowest BCUT2D eigenvalue weighted by Crippen LogP contribution is -2.20. The summed E-state index contributed by atoms with van der Waals surface area (Å²) in [5.74, 6) is -0.313. The average molecular weight is 250 g/mol. The summed E-state index contributed by atoms with van der Waals surface area (Å²) < 4.78 is 0. The number of benzene rings is 2. The lowest BCUT2D eigenvalue weighted by molar-refractivity contribution is 0.0979. The number of ketones is 2. The normalized spacial score (nSPS) is 13.5. The highest BCUT2D eigenvalue weighted by Gasteiger charge is 2.31. The van der Waals surface area contributed by atoms with Crippen LogP contribution < -0.4 is 0 Å². The fraction of sp³-hybridized carbons (Fsp3) is 0.0667. The second-order valence-electron chi connectivity index (χ2n) is 4.20. The zero-order valence-corrected chi connectivity index (χ0v) is 10.3. The van der Waals surface area contributed by atoms with E-state index in [1.54, 1.807) is 42.5 Å². The van der Waals surface area contributed by atoms with Crippen LogP contribution in [0.3, 0.4) is 0 Å². The second-order valence-corrected chi connectivity index (χ2v) is 4.20. The number of carbonyl (C=O) groups excluding carboxylic acids is 2. The van der Waals surface area contributed by atoms with Gasteiger partial charge in [0, 0.05) is 23.7 Å². The van der Waals surface area contributed by atoms with E-state index < -0.39 is 0 Å². The largest absolute Gasteiger partial charge is 0.289 e. The summed E-state index contributed by atoms with van der Waals surface area (Å²) in [7, 11) is 1.53. The van der Waals surface area contributed by atoms with Gasteiger partial charge in [0.15, 0.2) is 11.6 Å². The van der Waals surface area contributed by atoms with Crippen LogP contribution >= 0.6 is 0 Å². The van der Waals surface area contributed by atoms with Crippen molar-refractivity contribution in [2.24, 2.45) is 10.2 Å². The summed E-state index contributed by atoms with van der Waals surface area (Å²) in [6.07, 6.45) is 0. The van der Waals surface area contributed by atoms with E-state index in [2.05, 4.69) is 10.2 Å². The van der Waals surface area contributed by atoms with E-state index >= 15 is 0 Å². The van der Waals surface area contributed by atoms with Crippen LogP contribution in [0.25, 0.3) is 0 Å². The Hall–Kier alpha value is -2.62. The van der Waals surface area contributed by atoms with Crippen molar-refractivity contribution in [3.63, 3.8) is 0 Å². The van der Waals surface area contributed by atoms with Crippen LogP contribution in [0.4, 0.5) is 5.69 Å². The number of hydrogen-bond donors (Lipinski definition) is 0. The monoisotopic (exact) mass is 250 g/mol. The fourth-order valence-corrected chi connectivity index (χ4v) is 2.32. The lowest BCUT2D eigenvalue weighted by atomic mass is 9.83. The van der Waals surface area contributed by atoms with Gasteiger partial charge in [0.05, 0.1) is 11.3 Å². The van der Waals surface area contributed by atoms with E-state index in [4.69, 9.17) is 0 Å². The molecule has 0 aromatic heterocycles. The number of nitrogens with zero attached hydrogens (tertiary/aromatic N) is 2. The van der Waals surface area contributed by atoms with Crippen molar-refractivity contribution >= 4 is 17.3 Å². The quantitative estimate of drug-likeness (QED) is 0.623. The molecule has 0 unspecified atom stereocenters. The van der Waals surface area contributed by atoms with Crippen molar-refractivity contribution in [2.75, 3.05) is 7.05 Å². The van der Waals surface area contributed by atoms with E-state index in [1.165, 1.54) is 7.05 Å². The number of hydrogen-bond acceptors (Lipinski definition) is 4. The smallest absolute Gasteiger partial charge is 0.196 e. The van der Waals surface area contributed by atoms with Gasteiger partial charge in [-0.1, -0.05) is 36.4 Å². The molecule has 0 N–H and O–H groups in total. The third kappa shape index (κ3) is 1.61. The minimum Gasteiger partial charge on any atom is -0.289 e. The average Bonchev–Trinajstić information content (AvgIpc) is 2.45. The minimum atomic E-state index is -0.173. The molecule has 3 rings (SSSR count). The first-order valence-corrected chi connectivity index (χ1v) is 5.85. The molecule has 0 saturated carbocycles. The molecule has 1 aliphatic carbocycles. The summed E-state index contributed by atoms with van der Waals surface area (Å²) in [6.45, 7) is 0. The van der Waals surface area contributed by atoms with Gasteiger partial charge < -0.3 is 0 Å². The number of azo groups is 1. The van der Waals surface area contributed by atoms with Crippen molar-refractivity contribution in [2.45, 2.75) is 0 Å². The summed E-state index contributed by atoms with van der Waals surface area (Å²) in [4.78, 5) is 24.9. The SMILES string of the molecule is CN=Nc1cccc2c1C(=O)c1ccccc1C2=O. The van der Waals surface area contributed by atoms with Crippen LogP contribution in [0.2, 0.25) is 0 Å². The van der Waals surface area contributed by atoms with Gasteiger partial charge >= 0.3 is 0 Å².